The second-order valence-electron chi connectivity index (χ2n) is 4.32. The zero-order valence-corrected chi connectivity index (χ0v) is 11.9. The van der Waals surface area contributed by atoms with E-state index in [1.54, 1.807) is 19.4 Å². The number of carbonyl (C=O) groups excluding carboxylic acids is 1. The summed E-state index contributed by atoms with van der Waals surface area (Å²) in [5, 5.41) is 11.6. The van der Waals surface area contributed by atoms with Crippen LogP contribution in [-0.2, 0) is 6.54 Å². The van der Waals surface area contributed by atoms with Gasteiger partial charge in [0.1, 0.15) is 5.82 Å². The lowest BCUT2D eigenvalue weighted by molar-refractivity contribution is 0.0697. The Hall–Kier alpha value is -2.54. The van der Waals surface area contributed by atoms with E-state index in [9.17, 15) is 9.59 Å². The van der Waals surface area contributed by atoms with Crippen LogP contribution in [-0.4, -0.2) is 39.0 Å². The first kappa shape index (κ1) is 14.9. The van der Waals surface area contributed by atoms with Crippen LogP contribution in [0, 0.1) is 0 Å². The Balaban J connectivity index is 2.03. The van der Waals surface area contributed by atoms with Crippen LogP contribution >= 0.6 is 11.6 Å². The van der Waals surface area contributed by atoms with E-state index in [0.29, 0.717) is 18.1 Å². The number of carboxylic acid groups (broad SMARTS) is 1. The van der Waals surface area contributed by atoms with Crippen molar-refractivity contribution in [3.8, 4) is 0 Å². The smallest absolute Gasteiger partial charge is 0.335 e. The minimum absolute atomic E-state index is 0.0574. The predicted octanol–water partition coefficient (Wildman–Crippen LogP) is 2.43. The summed E-state index contributed by atoms with van der Waals surface area (Å²) in [6, 6.07) is 3.73. The molecule has 1 aromatic carbocycles. The number of hydrogen-bond donors (Lipinski definition) is 3. The van der Waals surface area contributed by atoms with Gasteiger partial charge in [0.15, 0.2) is 0 Å². The summed E-state index contributed by atoms with van der Waals surface area (Å²) in [6.07, 6.45) is 3.27. The number of hydrogen-bond acceptors (Lipinski definition) is 3. The zero-order valence-electron chi connectivity index (χ0n) is 11.1. The number of rotatable bonds is 4. The summed E-state index contributed by atoms with van der Waals surface area (Å²) >= 11 is 5.95. The fraction of sp³-hybridized carbons (Fsp3) is 0.154. The fourth-order valence-corrected chi connectivity index (χ4v) is 1.87. The number of nitrogens with one attached hydrogen (secondary N) is 2. The molecule has 8 heteroatoms. The first-order valence-electron chi connectivity index (χ1n) is 6.00. The molecule has 0 unspecified atom stereocenters. The standard InChI is InChI=1S/C13H13ClN4O3/c1-18(7-11-15-4-5-16-11)13(21)17-10-3-2-8(12(19)20)6-9(10)14/h2-6H,7H2,1H3,(H,15,16)(H,17,21)(H,19,20). The molecule has 0 fully saturated rings. The zero-order chi connectivity index (χ0) is 15.4. The lowest BCUT2D eigenvalue weighted by atomic mass is 10.2. The summed E-state index contributed by atoms with van der Waals surface area (Å²) < 4.78 is 0. The van der Waals surface area contributed by atoms with E-state index in [4.69, 9.17) is 16.7 Å². The molecule has 0 saturated heterocycles. The first-order chi connectivity index (χ1) is 9.97. The number of aromatic carboxylic acids is 1. The molecule has 110 valence electrons. The van der Waals surface area contributed by atoms with Crippen molar-refractivity contribution < 1.29 is 14.7 Å². The van der Waals surface area contributed by atoms with E-state index >= 15 is 0 Å². The average molecular weight is 309 g/mol. The molecule has 3 N–H and O–H groups in total. The third-order valence-corrected chi connectivity index (χ3v) is 3.06. The van der Waals surface area contributed by atoms with Gasteiger partial charge in [-0.25, -0.2) is 14.6 Å². The highest BCUT2D eigenvalue weighted by Gasteiger charge is 2.13. The van der Waals surface area contributed by atoms with Crippen LogP contribution in [0.15, 0.2) is 30.6 Å². The van der Waals surface area contributed by atoms with Gasteiger partial charge >= 0.3 is 12.0 Å². The molecule has 2 aromatic rings. The summed E-state index contributed by atoms with van der Waals surface area (Å²) in [5.41, 5.74) is 0.403. The van der Waals surface area contributed by atoms with Crippen LogP contribution in [0.4, 0.5) is 10.5 Å². The molecule has 0 aliphatic heterocycles. The molecule has 2 rings (SSSR count). The van der Waals surface area contributed by atoms with Crippen molar-refractivity contribution in [3.05, 3.63) is 47.0 Å². The summed E-state index contributed by atoms with van der Waals surface area (Å²) in [5.74, 6) is -0.426. The maximum atomic E-state index is 12.0. The van der Waals surface area contributed by atoms with Crippen molar-refractivity contribution in [1.29, 1.82) is 0 Å². The molecular formula is C13H13ClN4O3. The minimum Gasteiger partial charge on any atom is -0.478 e. The molecule has 0 aliphatic carbocycles. The van der Waals surface area contributed by atoms with Crippen LogP contribution in [0.5, 0.6) is 0 Å². The Bertz CT molecular complexity index is 657. The molecular weight excluding hydrogens is 296 g/mol. The SMILES string of the molecule is CN(Cc1ncc[nH]1)C(=O)Nc1ccc(C(=O)O)cc1Cl. The van der Waals surface area contributed by atoms with E-state index in [1.807, 2.05) is 0 Å². The first-order valence-corrected chi connectivity index (χ1v) is 6.38. The van der Waals surface area contributed by atoms with Crippen LogP contribution in [0.3, 0.4) is 0 Å². The number of benzene rings is 1. The monoisotopic (exact) mass is 308 g/mol. The number of aromatic amines is 1. The van der Waals surface area contributed by atoms with Crippen LogP contribution < -0.4 is 5.32 Å². The summed E-state index contributed by atoms with van der Waals surface area (Å²) in [7, 11) is 1.61. The molecule has 0 saturated carbocycles. The Labute approximate surface area is 125 Å². The highest BCUT2D eigenvalue weighted by atomic mass is 35.5. The van der Waals surface area contributed by atoms with Gasteiger partial charge in [-0.1, -0.05) is 11.6 Å². The Morgan fingerprint density at radius 1 is 1.48 bits per heavy atom. The molecule has 0 aliphatic rings. The fourth-order valence-electron chi connectivity index (χ4n) is 1.64. The lowest BCUT2D eigenvalue weighted by Gasteiger charge is -2.17. The number of carbonyl (C=O) groups is 2. The second-order valence-corrected chi connectivity index (χ2v) is 4.73. The van der Waals surface area contributed by atoms with Crippen molar-refractivity contribution in [3.63, 3.8) is 0 Å². The quantitative estimate of drug-likeness (QED) is 0.807. The van der Waals surface area contributed by atoms with E-state index in [1.165, 1.54) is 23.1 Å². The van der Waals surface area contributed by atoms with Gasteiger partial charge in [-0.2, -0.15) is 0 Å². The molecule has 0 radical (unpaired) electrons. The summed E-state index contributed by atoms with van der Waals surface area (Å²) in [4.78, 5) is 31.2. The molecule has 0 spiro atoms. The van der Waals surface area contributed by atoms with Crippen LogP contribution in [0.25, 0.3) is 0 Å². The van der Waals surface area contributed by atoms with Crippen LogP contribution in [0.2, 0.25) is 5.02 Å². The van der Waals surface area contributed by atoms with Gasteiger partial charge in [-0.05, 0) is 18.2 Å². The molecule has 7 nitrogen and oxygen atoms in total. The number of halogens is 1. The normalized spacial score (nSPS) is 10.2. The molecule has 0 atom stereocenters. The van der Waals surface area contributed by atoms with Gasteiger partial charge in [0.2, 0.25) is 0 Å². The number of aromatic nitrogens is 2. The van der Waals surface area contributed by atoms with Crippen molar-refractivity contribution in [2.24, 2.45) is 0 Å². The maximum Gasteiger partial charge on any atom is 0.335 e. The van der Waals surface area contributed by atoms with Gasteiger partial charge in [0, 0.05) is 19.4 Å². The molecule has 21 heavy (non-hydrogen) atoms. The van der Waals surface area contributed by atoms with Crippen molar-refractivity contribution in [1.82, 2.24) is 14.9 Å². The van der Waals surface area contributed by atoms with Gasteiger partial charge < -0.3 is 20.3 Å². The third-order valence-electron chi connectivity index (χ3n) is 2.75. The number of imidazole rings is 1. The van der Waals surface area contributed by atoms with E-state index in [0.717, 1.165) is 0 Å². The number of H-pyrrole nitrogens is 1. The molecule has 1 heterocycles. The highest BCUT2D eigenvalue weighted by molar-refractivity contribution is 6.34. The Kier molecular flexibility index (Phi) is 4.44. The van der Waals surface area contributed by atoms with Gasteiger partial charge in [0.05, 0.1) is 22.8 Å². The van der Waals surface area contributed by atoms with Gasteiger partial charge in [-0.3, -0.25) is 0 Å². The summed E-state index contributed by atoms with van der Waals surface area (Å²) in [6.45, 7) is 0.309. The second kappa shape index (κ2) is 6.27. The number of urea groups is 1. The molecule has 2 amide bonds. The van der Waals surface area contributed by atoms with Gasteiger partial charge in [-0.15, -0.1) is 0 Å². The molecule has 1 aromatic heterocycles. The van der Waals surface area contributed by atoms with Crippen molar-refractivity contribution >= 4 is 29.3 Å². The van der Waals surface area contributed by atoms with Crippen LogP contribution in [0.1, 0.15) is 16.2 Å². The number of carboxylic acids is 1. The van der Waals surface area contributed by atoms with E-state index in [2.05, 4.69) is 15.3 Å². The van der Waals surface area contributed by atoms with E-state index < -0.39 is 5.97 Å². The number of amides is 2. The Morgan fingerprint density at radius 2 is 2.24 bits per heavy atom. The lowest BCUT2D eigenvalue weighted by Crippen LogP contribution is -2.31. The minimum atomic E-state index is -1.08. The predicted molar refractivity (Wildman–Crippen MR) is 77.5 cm³/mol. The van der Waals surface area contributed by atoms with Crippen molar-refractivity contribution in [2.75, 3.05) is 12.4 Å². The molecule has 0 bridgehead atoms. The number of nitrogens with zero attached hydrogens (tertiary/aromatic N) is 2. The van der Waals surface area contributed by atoms with E-state index in [-0.39, 0.29) is 16.6 Å². The topological polar surface area (TPSA) is 98.3 Å². The third kappa shape index (κ3) is 3.73. The number of anilines is 1. The largest absolute Gasteiger partial charge is 0.478 e. The maximum absolute atomic E-state index is 12.0. The Morgan fingerprint density at radius 3 is 2.81 bits per heavy atom. The van der Waals surface area contributed by atoms with Gasteiger partial charge in [0.25, 0.3) is 0 Å². The highest BCUT2D eigenvalue weighted by Crippen LogP contribution is 2.23. The average Bonchev–Trinajstić information content (AvgIpc) is 2.93. The van der Waals surface area contributed by atoms with Crippen molar-refractivity contribution in [2.45, 2.75) is 6.54 Å².